The second-order valence-electron chi connectivity index (χ2n) is 5.01. The van der Waals surface area contributed by atoms with Crippen LogP contribution < -0.4 is 11.1 Å². The van der Waals surface area contributed by atoms with E-state index in [1.165, 1.54) is 0 Å². The van der Waals surface area contributed by atoms with Crippen molar-refractivity contribution in [1.29, 1.82) is 0 Å². The van der Waals surface area contributed by atoms with Crippen molar-refractivity contribution in [3.63, 3.8) is 0 Å². The van der Waals surface area contributed by atoms with Gasteiger partial charge in [0, 0.05) is 22.5 Å². The number of rotatable bonds is 6. The van der Waals surface area contributed by atoms with Crippen LogP contribution in [0.25, 0.3) is 10.2 Å². The number of nitrogens with two attached hydrogens (primary N) is 1. The van der Waals surface area contributed by atoms with E-state index in [2.05, 4.69) is 20.5 Å². The van der Waals surface area contributed by atoms with E-state index in [0.717, 1.165) is 31.4 Å². The Bertz CT molecular complexity index is 756. The maximum absolute atomic E-state index is 9.14. The lowest BCUT2D eigenvalue weighted by atomic mass is 10.1. The lowest BCUT2D eigenvalue weighted by Gasteiger charge is -2.05. The van der Waals surface area contributed by atoms with Crippen LogP contribution in [-0.2, 0) is 13.0 Å². The second-order valence-corrected chi connectivity index (χ2v) is 7.10. The average Bonchev–Trinajstić information content (AvgIpc) is 3.15. The zero-order valence-corrected chi connectivity index (χ0v) is 13.7. The maximum Gasteiger partial charge on any atom is 0.112 e. The molecular formula is C14H17N5OS2. The molecule has 0 amide bonds. The lowest BCUT2D eigenvalue weighted by molar-refractivity contribution is 0.265. The highest BCUT2D eigenvalue weighted by molar-refractivity contribution is 7.19. The summed E-state index contributed by atoms with van der Waals surface area (Å²) in [6.07, 6.45) is 4.18. The third-order valence-electron chi connectivity index (χ3n) is 3.40. The summed E-state index contributed by atoms with van der Waals surface area (Å²) in [5.74, 6) is 0. The fourth-order valence-corrected chi connectivity index (χ4v) is 4.07. The first kappa shape index (κ1) is 15.3. The van der Waals surface area contributed by atoms with Gasteiger partial charge in [0.05, 0.1) is 29.7 Å². The highest BCUT2D eigenvalue weighted by Crippen LogP contribution is 2.34. The molecule has 116 valence electrons. The van der Waals surface area contributed by atoms with Gasteiger partial charge in [0.25, 0.3) is 0 Å². The summed E-state index contributed by atoms with van der Waals surface area (Å²) >= 11 is 3.28. The van der Waals surface area contributed by atoms with Crippen molar-refractivity contribution >= 4 is 38.6 Å². The molecule has 0 aliphatic heterocycles. The predicted octanol–water partition coefficient (Wildman–Crippen LogP) is 1.93. The first-order valence-corrected chi connectivity index (χ1v) is 8.61. The Hall–Kier alpha value is -1.61. The minimum atomic E-state index is -0.244. The number of nitrogens with zero attached hydrogens (tertiary/aromatic N) is 3. The van der Waals surface area contributed by atoms with Crippen LogP contribution in [-0.4, -0.2) is 32.9 Å². The van der Waals surface area contributed by atoms with Crippen molar-refractivity contribution in [1.82, 2.24) is 15.2 Å². The SMILES string of the molecule is Cc1c(C[C@@H](N)CO)sc2c(NCc3nccs3)cnnc12. The average molecular weight is 335 g/mol. The van der Waals surface area contributed by atoms with Gasteiger partial charge in [-0.2, -0.15) is 5.10 Å². The van der Waals surface area contributed by atoms with Gasteiger partial charge in [-0.25, -0.2) is 4.98 Å². The third-order valence-corrected chi connectivity index (χ3v) is 5.51. The van der Waals surface area contributed by atoms with E-state index in [0.29, 0.717) is 13.0 Å². The number of hydrogen-bond donors (Lipinski definition) is 3. The fourth-order valence-electron chi connectivity index (χ4n) is 2.19. The lowest BCUT2D eigenvalue weighted by Crippen LogP contribution is -2.26. The Labute approximate surface area is 136 Å². The molecule has 3 aromatic heterocycles. The molecule has 0 fully saturated rings. The van der Waals surface area contributed by atoms with Crippen LogP contribution in [0.5, 0.6) is 0 Å². The van der Waals surface area contributed by atoms with E-state index < -0.39 is 0 Å². The molecule has 3 heterocycles. The molecule has 0 saturated heterocycles. The van der Waals surface area contributed by atoms with E-state index in [1.807, 2.05) is 12.3 Å². The minimum absolute atomic E-state index is 0.0193. The topological polar surface area (TPSA) is 97.0 Å². The number of aliphatic hydroxyl groups is 1. The summed E-state index contributed by atoms with van der Waals surface area (Å²) < 4.78 is 1.07. The third kappa shape index (κ3) is 3.09. The molecular weight excluding hydrogens is 318 g/mol. The number of fused-ring (bicyclic) bond motifs is 1. The monoisotopic (exact) mass is 335 g/mol. The van der Waals surface area contributed by atoms with Crippen LogP contribution in [0.2, 0.25) is 0 Å². The standard InChI is InChI=1S/C14H17N5OS2/c1-8-11(4-9(15)7-20)22-14-10(5-18-19-13(8)14)17-6-12-16-2-3-21-12/h2-3,5,9,20H,4,6-7,15H2,1H3,(H,17,19)/t9-/m1/s1. The van der Waals surface area contributed by atoms with E-state index in [4.69, 9.17) is 10.8 Å². The number of aryl methyl sites for hydroxylation is 1. The van der Waals surface area contributed by atoms with E-state index >= 15 is 0 Å². The van der Waals surface area contributed by atoms with Crippen molar-refractivity contribution in [3.05, 3.63) is 33.2 Å². The zero-order valence-electron chi connectivity index (χ0n) is 12.1. The highest BCUT2D eigenvalue weighted by Gasteiger charge is 2.15. The van der Waals surface area contributed by atoms with Crippen LogP contribution >= 0.6 is 22.7 Å². The van der Waals surface area contributed by atoms with Gasteiger partial charge in [0.2, 0.25) is 0 Å². The summed E-state index contributed by atoms with van der Waals surface area (Å²) in [5.41, 5.74) is 8.80. The van der Waals surface area contributed by atoms with Crippen LogP contribution in [0.15, 0.2) is 17.8 Å². The molecule has 0 bridgehead atoms. The van der Waals surface area contributed by atoms with E-state index in [1.54, 1.807) is 35.1 Å². The molecule has 0 saturated carbocycles. The molecule has 0 unspecified atom stereocenters. The minimum Gasteiger partial charge on any atom is -0.395 e. The van der Waals surface area contributed by atoms with E-state index in [-0.39, 0.29) is 12.6 Å². The largest absolute Gasteiger partial charge is 0.395 e. The first-order valence-electron chi connectivity index (χ1n) is 6.91. The van der Waals surface area contributed by atoms with Gasteiger partial charge in [-0.15, -0.1) is 27.8 Å². The molecule has 4 N–H and O–H groups in total. The normalized spacial score (nSPS) is 12.7. The number of hydrogen-bond acceptors (Lipinski definition) is 8. The molecule has 6 nitrogen and oxygen atoms in total. The van der Waals surface area contributed by atoms with Gasteiger partial charge in [-0.05, 0) is 18.9 Å². The van der Waals surface area contributed by atoms with Crippen LogP contribution in [0, 0.1) is 6.92 Å². The number of thiophene rings is 1. The van der Waals surface area contributed by atoms with Gasteiger partial charge in [-0.3, -0.25) is 0 Å². The Kier molecular flexibility index (Phi) is 4.63. The molecule has 22 heavy (non-hydrogen) atoms. The summed E-state index contributed by atoms with van der Waals surface area (Å²) in [4.78, 5) is 5.41. The van der Waals surface area contributed by atoms with Gasteiger partial charge < -0.3 is 16.2 Å². The first-order chi connectivity index (χ1) is 10.7. The van der Waals surface area contributed by atoms with Crippen molar-refractivity contribution < 1.29 is 5.11 Å². The Morgan fingerprint density at radius 1 is 1.45 bits per heavy atom. The summed E-state index contributed by atoms with van der Waals surface area (Å²) in [6.45, 7) is 2.67. The van der Waals surface area contributed by atoms with Crippen molar-refractivity contribution in [2.45, 2.75) is 25.9 Å². The molecule has 3 aromatic rings. The molecule has 3 rings (SSSR count). The molecule has 8 heteroatoms. The Morgan fingerprint density at radius 3 is 3.05 bits per heavy atom. The van der Waals surface area contributed by atoms with Crippen molar-refractivity contribution in [3.8, 4) is 0 Å². The Morgan fingerprint density at radius 2 is 2.32 bits per heavy atom. The molecule has 0 aromatic carbocycles. The van der Waals surface area contributed by atoms with Gasteiger partial charge in [-0.1, -0.05) is 0 Å². The summed E-state index contributed by atoms with van der Waals surface area (Å²) in [6, 6.07) is -0.244. The molecule has 0 aliphatic carbocycles. The smallest absolute Gasteiger partial charge is 0.112 e. The van der Waals surface area contributed by atoms with Crippen LogP contribution in [0.1, 0.15) is 15.4 Å². The van der Waals surface area contributed by atoms with Crippen LogP contribution in [0.4, 0.5) is 5.69 Å². The van der Waals surface area contributed by atoms with E-state index in [9.17, 15) is 0 Å². The van der Waals surface area contributed by atoms with Gasteiger partial charge in [0.15, 0.2) is 0 Å². The van der Waals surface area contributed by atoms with Crippen molar-refractivity contribution in [2.24, 2.45) is 5.73 Å². The van der Waals surface area contributed by atoms with Gasteiger partial charge >= 0.3 is 0 Å². The number of thiazole rings is 1. The van der Waals surface area contributed by atoms with Crippen LogP contribution in [0.3, 0.4) is 0 Å². The molecule has 0 aliphatic rings. The number of nitrogens with one attached hydrogen (secondary N) is 1. The number of aromatic nitrogens is 3. The number of aliphatic hydroxyl groups excluding tert-OH is 1. The molecule has 0 spiro atoms. The quantitative estimate of drug-likeness (QED) is 0.637. The van der Waals surface area contributed by atoms with Crippen molar-refractivity contribution in [2.75, 3.05) is 11.9 Å². The molecule has 0 radical (unpaired) electrons. The Balaban J connectivity index is 1.89. The van der Waals surface area contributed by atoms with Gasteiger partial charge in [0.1, 0.15) is 10.5 Å². The molecule has 1 atom stereocenters. The second kappa shape index (κ2) is 6.66. The maximum atomic E-state index is 9.14. The fraction of sp³-hybridized carbons (Fsp3) is 0.357. The predicted molar refractivity (Wildman–Crippen MR) is 90.4 cm³/mol. The zero-order chi connectivity index (χ0) is 15.5. The summed E-state index contributed by atoms with van der Waals surface area (Å²) in [7, 11) is 0. The number of anilines is 1. The highest BCUT2D eigenvalue weighted by atomic mass is 32.1. The summed E-state index contributed by atoms with van der Waals surface area (Å²) in [5, 5.41) is 23.8.